The number of anilines is 2. The highest BCUT2D eigenvalue weighted by molar-refractivity contribution is 8.05. The van der Waals surface area contributed by atoms with Gasteiger partial charge in [-0.1, -0.05) is 60.3 Å². The Hall–Kier alpha value is -4.55. The second-order valence-electron chi connectivity index (χ2n) is 10.1. The predicted octanol–water partition coefficient (Wildman–Crippen LogP) is 4.95. The van der Waals surface area contributed by atoms with Crippen LogP contribution in [0.1, 0.15) is 28.4 Å². The van der Waals surface area contributed by atoms with E-state index in [9.17, 15) is 19.6 Å². The number of hydrogen-bond acceptors (Lipinski definition) is 7. The molecule has 2 aliphatic heterocycles. The quantitative estimate of drug-likeness (QED) is 0.222. The number of amides is 2. The molecule has 0 radical (unpaired) electrons. The molecule has 214 valence electrons. The number of carbonyl (C=O) groups excluding carboxylic acids is 3. The molecule has 9 heteroatoms. The number of aryl methyl sites for hydroxylation is 1. The van der Waals surface area contributed by atoms with Crippen LogP contribution in [0.25, 0.3) is 0 Å². The molecule has 1 unspecified atom stereocenters. The summed E-state index contributed by atoms with van der Waals surface area (Å²) < 4.78 is 5.06. The molecule has 2 amide bonds. The number of hydrogen-bond donors (Lipinski definition) is 0. The smallest absolute Gasteiger partial charge is 0.338 e. The molecule has 0 aromatic heterocycles. The first-order valence-electron chi connectivity index (χ1n) is 14.0. The van der Waals surface area contributed by atoms with E-state index in [1.165, 1.54) is 22.2 Å². The SMILES string of the molecule is CCOC(=O)c1ccc(CC2S/C(=C(/C#N)C(=O)N3CCN(c4ccccc4C)CC3)N(c3ccccc3)C2=O)cc1. The number of rotatable bonds is 7. The minimum absolute atomic E-state index is 0.0262. The van der Waals surface area contributed by atoms with Crippen molar-refractivity contribution in [3.63, 3.8) is 0 Å². The summed E-state index contributed by atoms with van der Waals surface area (Å²) in [6, 6.07) is 26.4. The Bertz CT molecular complexity index is 1540. The van der Waals surface area contributed by atoms with Crippen molar-refractivity contribution in [1.82, 2.24) is 4.90 Å². The maximum absolute atomic E-state index is 13.8. The zero-order valence-electron chi connectivity index (χ0n) is 23.7. The zero-order valence-corrected chi connectivity index (χ0v) is 24.5. The van der Waals surface area contributed by atoms with Crippen molar-refractivity contribution in [2.24, 2.45) is 0 Å². The first-order chi connectivity index (χ1) is 20.4. The number of carbonyl (C=O) groups is 3. The van der Waals surface area contributed by atoms with E-state index in [0.29, 0.717) is 55.5 Å². The fourth-order valence-corrected chi connectivity index (χ4v) is 6.53. The number of piperazine rings is 1. The number of nitriles is 1. The van der Waals surface area contributed by atoms with Gasteiger partial charge in [0, 0.05) is 37.6 Å². The van der Waals surface area contributed by atoms with Crippen molar-refractivity contribution in [2.75, 3.05) is 42.6 Å². The Labute approximate surface area is 250 Å². The van der Waals surface area contributed by atoms with Gasteiger partial charge in [0.25, 0.3) is 5.91 Å². The van der Waals surface area contributed by atoms with Crippen LogP contribution in [0, 0.1) is 18.3 Å². The van der Waals surface area contributed by atoms with Gasteiger partial charge in [-0.05, 0) is 61.7 Å². The fourth-order valence-electron chi connectivity index (χ4n) is 5.22. The number of ether oxygens (including phenoxy) is 1. The fraction of sp³-hybridized carbons (Fsp3) is 0.273. The van der Waals surface area contributed by atoms with E-state index in [-0.39, 0.29) is 17.4 Å². The third-order valence-electron chi connectivity index (χ3n) is 7.42. The van der Waals surface area contributed by atoms with Crippen LogP contribution < -0.4 is 9.80 Å². The minimum atomic E-state index is -0.539. The molecule has 1 atom stereocenters. The summed E-state index contributed by atoms with van der Waals surface area (Å²) in [5.41, 5.74) is 4.21. The van der Waals surface area contributed by atoms with E-state index >= 15 is 0 Å². The summed E-state index contributed by atoms with van der Waals surface area (Å²) >= 11 is 1.24. The number of thioether (sulfide) groups is 1. The molecule has 0 saturated carbocycles. The second kappa shape index (κ2) is 13.0. The molecule has 2 aliphatic rings. The highest BCUT2D eigenvalue weighted by Gasteiger charge is 2.41. The molecule has 0 N–H and O–H groups in total. The lowest BCUT2D eigenvalue weighted by molar-refractivity contribution is -0.127. The van der Waals surface area contributed by atoms with Crippen molar-refractivity contribution < 1.29 is 19.1 Å². The topological polar surface area (TPSA) is 93.9 Å². The van der Waals surface area contributed by atoms with Crippen LogP contribution in [-0.2, 0) is 20.7 Å². The van der Waals surface area contributed by atoms with Gasteiger partial charge in [-0.2, -0.15) is 5.26 Å². The Morgan fingerprint density at radius 3 is 2.26 bits per heavy atom. The van der Waals surface area contributed by atoms with Gasteiger partial charge < -0.3 is 14.5 Å². The van der Waals surface area contributed by atoms with E-state index in [1.807, 2.05) is 30.3 Å². The molecule has 0 bridgehead atoms. The molecule has 2 fully saturated rings. The van der Waals surface area contributed by atoms with Gasteiger partial charge in [0.05, 0.1) is 17.4 Å². The molecule has 0 spiro atoms. The van der Waals surface area contributed by atoms with Crippen LogP contribution in [0.2, 0.25) is 0 Å². The van der Waals surface area contributed by atoms with E-state index in [1.54, 1.807) is 48.2 Å². The lowest BCUT2D eigenvalue weighted by Crippen LogP contribution is -2.49. The lowest BCUT2D eigenvalue weighted by atomic mass is 10.1. The summed E-state index contributed by atoms with van der Waals surface area (Å²) in [4.78, 5) is 45.1. The van der Waals surface area contributed by atoms with Crippen LogP contribution in [0.3, 0.4) is 0 Å². The van der Waals surface area contributed by atoms with Crippen molar-refractivity contribution in [3.8, 4) is 6.07 Å². The van der Waals surface area contributed by atoms with Gasteiger partial charge in [-0.25, -0.2) is 4.79 Å². The van der Waals surface area contributed by atoms with Gasteiger partial charge in [0.15, 0.2) is 0 Å². The number of benzene rings is 3. The maximum atomic E-state index is 13.8. The van der Waals surface area contributed by atoms with Crippen molar-refractivity contribution >= 4 is 40.9 Å². The number of nitrogens with zero attached hydrogens (tertiary/aromatic N) is 4. The number of para-hydroxylation sites is 2. The molecule has 2 heterocycles. The third-order valence-corrected chi connectivity index (χ3v) is 8.68. The third kappa shape index (κ3) is 6.04. The van der Waals surface area contributed by atoms with Gasteiger partial charge >= 0.3 is 5.97 Å². The highest BCUT2D eigenvalue weighted by atomic mass is 32.2. The highest BCUT2D eigenvalue weighted by Crippen LogP contribution is 2.42. The van der Waals surface area contributed by atoms with Crippen LogP contribution in [0.15, 0.2) is 89.5 Å². The summed E-state index contributed by atoms with van der Waals surface area (Å²) in [6.45, 7) is 6.39. The van der Waals surface area contributed by atoms with Crippen LogP contribution in [0.4, 0.5) is 11.4 Å². The van der Waals surface area contributed by atoms with Crippen molar-refractivity contribution in [3.05, 3.63) is 106 Å². The van der Waals surface area contributed by atoms with Crippen LogP contribution in [0.5, 0.6) is 0 Å². The Morgan fingerprint density at radius 2 is 1.62 bits per heavy atom. The molecule has 3 aromatic carbocycles. The van der Waals surface area contributed by atoms with Gasteiger partial charge in [-0.15, -0.1) is 0 Å². The molecule has 0 aliphatic carbocycles. The molecule has 42 heavy (non-hydrogen) atoms. The van der Waals surface area contributed by atoms with E-state index in [0.717, 1.165) is 11.3 Å². The average Bonchev–Trinajstić information content (AvgIpc) is 3.33. The van der Waals surface area contributed by atoms with Gasteiger partial charge in [0.1, 0.15) is 16.7 Å². The van der Waals surface area contributed by atoms with Gasteiger partial charge in [0.2, 0.25) is 5.91 Å². The van der Waals surface area contributed by atoms with E-state index < -0.39 is 11.2 Å². The molecule has 3 aromatic rings. The molecule has 2 saturated heterocycles. The first kappa shape index (κ1) is 29.0. The average molecular weight is 581 g/mol. The zero-order chi connectivity index (χ0) is 29.6. The lowest BCUT2D eigenvalue weighted by Gasteiger charge is -2.37. The molecule has 8 nitrogen and oxygen atoms in total. The standard InChI is InChI=1S/C33H32N4O4S/c1-3-41-33(40)25-15-13-24(14-16-25)21-29-31(39)37(26-10-5-4-6-11-26)32(42-29)27(22-34)30(38)36-19-17-35(18-20-36)28-12-8-7-9-23(28)2/h4-16,29H,3,17-21H2,1-2H3/b32-27-. The van der Waals surface area contributed by atoms with Crippen molar-refractivity contribution in [2.45, 2.75) is 25.5 Å². The summed E-state index contributed by atoms with van der Waals surface area (Å²) in [5, 5.41) is 10.1. The van der Waals surface area contributed by atoms with E-state index in [2.05, 4.69) is 30.0 Å². The summed E-state index contributed by atoms with van der Waals surface area (Å²) in [7, 11) is 0. The maximum Gasteiger partial charge on any atom is 0.338 e. The molecular formula is C33H32N4O4S. The van der Waals surface area contributed by atoms with Gasteiger partial charge in [-0.3, -0.25) is 14.5 Å². The van der Waals surface area contributed by atoms with Crippen LogP contribution in [-0.4, -0.2) is 60.7 Å². The summed E-state index contributed by atoms with van der Waals surface area (Å²) in [5.74, 6) is -0.953. The first-order valence-corrected chi connectivity index (χ1v) is 14.8. The molecule has 5 rings (SSSR count). The minimum Gasteiger partial charge on any atom is -0.462 e. The Morgan fingerprint density at radius 1 is 0.952 bits per heavy atom. The van der Waals surface area contributed by atoms with Crippen molar-refractivity contribution in [1.29, 1.82) is 5.26 Å². The molecular weight excluding hydrogens is 548 g/mol. The Balaban J connectivity index is 1.38. The normalized spacial score (nSPS) is 18.1. The predicted molar refractivity (Wildman–Crippen MR) is 164 cm³/mol. The van der Waals surface area contributed by atoms with E-state index in [4.69, 9.17) is 4.74 Å². The summed E-state index contributed by atoms with van der Waals surface area (Å²) in [6.07, 6.45) is 0.376. The second-order valence-corrected chi connectivity index (χ2v) is 11.3. The Kier molecular flexibility index (Phi) is 8.94. The number of esters is 1. The largest absolute Gasteiger partial charge is 0.462 e. The monoisotopic (exact) mass is 580 g/mol. The van der Waals surface area contributed by atoms with Crippen LogP contribution >= 0.6 is 11.8 Å².